The number of anilines is 1. The van der Waals surface area contributed by atoms with Gasteiger partial charge in [0.05, 0.1) is 11.3 Å². The summed E-state index contributed by atoms with van der Waals surface area (Å²) < 4.78 is 15.9. The largest absolute Gasteiger partial charge is 0.454 e. The summed E-state index contributed by atoms with van der Waals surface area (Å²) in [4.78, 5) is 24.7. The van der Waals surface area contributed by atoms with Gasteiger partial charge in [-0.3, -0.25) is 9.59 Å². The molecule has 2 aromatic carbocycles. The van der Waals surface area contributed by atoms with Gasteiger partial charge in [0.2, 0.25) is 12.7 Å². The van der Waals surface area contributed by atoms with Crippen LogP contribution < -0.4 is 20.1 Å². The molecule has 3 rings (SSSR count). The Morgan fingerprint density at radius 3 is 2.79 bits per heavy atom. The average molecular weight is 384 g/mol. The van der Waals surface area contributed by atoms with Crippen molar-refractivity contribution >= 4 is 17.5 Å². The molecule has 1 heterocycles. The summed E-state index contributed by atoms with van der Waals surface area (Å²) in [6.07, 6.45) is 0.977. The highest BCUT2D eigenvalue weighted by atomic mass is 16.7. The van der Waals surface area contributed by atoms with E-state index in [1.165, 1.54) is 0 Å². The summed E-state index contributed by atoms with van der Waals surface area (Å²) in [5.41, 5.74) is 1.81. The summed E-state index contributed by atoms with van der Waals surface area (Å²) >= 11 is 0. The van der Waals surface area contributed by atoms with Crippen LogP contribution in [0.3, 0.4) is 0 Å². The molecule has 1 aliphatic heterocycles. The minimum Gasteiger partial charge on any atom is -0.454 e. The van der Waals surface area contributed by atoms with Gasteiger partial charge in [-0.05, 0) is 43.2 Å². The number of rotatable bonds is 9. The molecule has 2 N–H and O–H groups in total. The van der Waals surface area contributed by atoms with E-state index in [2.05, 4.69) is 10.6 Å². The summed E-state index contributed by atoms with van der Waals surface area (Å²) in [7, 11) is 0. The first-order valence-corrected chi connectivity index (χ1v) is 9.30. The van der Waals surface area contributed by atoms with E-state index in [-0.39, 0.29) is 18.6 Å². The molecule has 0 fully saturated rings. The van der Waals surface area contributed by atoms with Gasteiger partial charge in [0, 0.05) is 26.2 Å². The highest BCUT2D eigenvalue weighted by Crippen LogP contribution is 2.32. The Morgan fingerprint density at radius 2 is 1.93 bits per heavy atom. The van der Waals surface area contributed by atoms with Crippen LogP contribution in [0, 0.1) is 0 Å². The van der Waals surface area contributed by atoms with E-state index in [1.807, 2.05) is 25.1 Å². The number of nitrogens with one attached hydrogen (secondary N) is 2. The third-order valence-corrected chi connectivity index (χ3v) is 4.23. The molecule has 0 spiro atoms. The van der Waals surface area contributed by atoms with Gasteiger partial charge < -0.3 is 24.8 Å². The molecule has 2 amide bonds. The molecule has 0 saturated heterocycles. The van der Waals surface area contributed by atoms with Gasteiger partial charge in [-0.25, -0.2) is 0 Å². The topological polar surface area (TPSA) is 85.9 Å². The van der Waals surface area contributed by atoms with Gasteiger partial charge in [-0.1, -0.05) is 18.2 Å². The van der Waals surface area contributed by atoms with Crippen LogP contribution in [0.15, 0.2) is 42.5 Å². The van der Waals surface area contributed by atoms with Crippen LogP contribution >= 0.6 is 0 Å². The first-order chi connectivity index (χ1) is 13.7. The molecular formula is C21H24N2O5. The lowest BCUT2D eigenvalue weighted by molar-refractivity contribution is -0.116. The molecule has 0 radical (unpaired) electrons. The van der Waals surface area contributed by atoms with Crippen molar-refractivity contribution < 1.29 is 23.8 Å². The third-order valence-electron chi connectivity index (χ3n) is 4.23. The number of ether oxygens (including phenoxy) is 3. The summed E-state index contributed by atoms with van der Waals surface area (Å²) in [6.45, 7) is 3.64. The SMILES string of the molecule is CCOCCCC(=O)Nc1ccccc1C(=O)NCc1ccc2c(c1)OCO2. The second-order valence-corrected chi connectivity index (χ2v) is 6.26. The zero-order valence-corrected chi connectivity index (χ0v) is 15.8. The predicted octanol–water partition coefficient (Wildman–Crippen LogP) is 3.10. The van der Waals surface area contributed by atoms with Crippen molar-refractivity contribution in [2.24, 2.45) is 0 Å². The van der Waals surface area contributed by atoms with E-state index in [4.69, 9.17) is 14.2 Å². The second kappa shape index (κ2) is 9.75. The van der Waals surface area contributed by atoms with E-state index < -0.39 is 0 Å². The van der Waals surface area contributed by atoms with Crippen LogP contribution in [0.5, 0.6) is 11.5 Å². The molecule has 2 aromatic rings. The first kappa shape index (κ1) is 19.7. The fraction of sp³-hybridized carbons (Fsp3) is 0.333. The lowest BCUT2D eigenvalue weighted by atomic mass is 10.1. The van der Waals surface area contributed by atoms with Gasteiger partial charge in [0.15, 0.2) is 11.5 Å². The highest BCUT2D eigenvalue weighted by molar-refractivity contribution is 6.03. The van der Waals surface area contributed by atoms with Crippen molar-refractivity contribution in [3.8, 4) is 11.5 Å². The maximum Gasteiger partial charge on any atom is 0.253 e. The van der Waals surface area contributed by atoms with Crippen molar-refractivity contribution in [3.05, 3.63) is 53.6 Å². The molecule has 28 heavy (non-hydrogen) atoms. The highest BCUT2D eigenvalue weighted by Gasteiger charge is 2.15. The van der Waals surface area contributed by atoms with Crippen molar-refractivity contribution in [3.63, 3.8) is 0 Å². The summed E-state index contributed by atoms with van der Waals surface area (Å²) in [5.74, 6) is 0.970. The number of carbonyl (C=O) groups is 2. The van der Waals surface area contributed by atoms with Crippen LogP contribution in [0.25, 0.3) is 0 Å². The van der Waals surface area contributed by atoms with Crippen molar-refractivity contribution in [1.29, 1.82) is 0 Å². The summed E-state index contributed by atoms with van der Waals surface area (Å²) in [6, 6.07) is 12.5. The number of para-hydroxylation sites is 1. The van der Waals surface area contributed by atoms with Crippen LogP contribution in [0.1, 0.15) is 35.7 Å². The van der Waals surface area contributed by atoms with Crippen LogP contribution in [0.2, 0.25) is 0 Å². The standard InChI is InChI=1S/C21H24N2O5/c1-2-26-11-5-8-20(24)23-17-7-4-3-6-16(17)21(25)22-13-15-9-10-18-19(12-15)28-14-27-18/h3-4,6-7,9-10,12H,2,5,8,11,13-14H2,1H3,(H,22,25)(H,23,24). The third kappa shape index (κ3) is 5.23. The fourth-order valence-electron chi connectivity index (χ4n) is 2.81. The molecular weight excluding hydrogens is 360 g/mol. The smallest absolute Gasteiger partial charge is 0.253 e. The van der Waals surface area contributed by atoms with E-state index in [0.717, 1.165) is 5.56 Å². The van der Waals surface area contributed by atoms with Gasteiger partial charge >= 0.3 is 0 Å². The van der Waals surface area contributed by atoms with E-state index in [1.54, 1.807) is 24.3 Å². The molecule has 1 aliphatic rings. The van der Waals surface area contributed by atoms with Gasteiger partial charge in [0.1, 0.15) is 0 Å². The molecule has 7 heteroatoms. The minimum absolute atomic E-state index is 0.143. The van der Waals surface area contributed by atoms with Crippen molar-refractivity contribution in [1.82, 2.24) is 5.32 Å². The molecule has 0 atom stereocenters. The van der Waals surface area contributed by atoms with Gasteiger partial charge in [-0.2, -0.15) is 0 Å². The Labute approximate surface area is 164 Å². The van der Waals surface area contributed by atoms with Gasteiger partial charge in [-0.15, -0.1) is 0 Å². The normalized spacial score (nSPS) is 11.9. The maximum absolute atomic E-state index is 12.6. The number of fused-ring (bicyclic) bond motifs is 1. The maximum atomic E-state index is 12.6. The van der Waals surface area contributed by atoms with Crippen LogP contribution in [-0.2, 0) is 16.1 Å². The van der Waals surface area contributed by atoms with Gasteiger partial charge in [0.25, 0.3) is 5.91 Å². The molecule has 148 valence electrons. The molecule has 0 aliphatic carbocycles. The summed E-state index contributed by atoms with van der Waals surface area (Å²) in [5, 5.41) is 5.68. The number of carbonyl (C=O) groups excluding carboxylic acids is 2. The average Bonchev–Trinajstić information content (AvgIpc) is 3.18. The Bertz CT molecular complexity index is 837. The second-order valence-electron chi connectivity index (χ2n) is 6.26. The molecule has 0 saturated carbocycles. The Kier molecular flexibility index (Phi) is 6.86. The first-order valence-electron chi connectivity index (χ1n) is 9.30. The number of hydrogen-bond acceptors (Lipinski definition) is 5. The predicted molar refractivity (Wildman–Crippen MR) is 105 cm³/mol. The molecule has 0 aromatic heterocycles. The van der Waals surface area contributed by atoms with Crippen molar-refractivity contribution in [2.45, 2.75) is 26.3 Å². The molecule has 0 unspecified atom stereocenters. The molecule has 7 nitrogen and oxygen atoms in total. The quantitative estimate of drug-likeness (QED) is 0.649. The monoisotopic (exact) mass is 384 g/mol. The van der Waals surface area contributed by atoms with E-state index >= 15 is 0 Å². The number of hydrogen-bond donors (Lipinski definition) is 2. The van der Waals surface area contributed by atoms with Crippen molar-refractivity contribution in [2.75, 3.05) is 25.3 Å². The minimum atomic E-state index is -0.261. The van der Waals surface area contributed by atoms with Crippen LogP contribution in [0.4, 0.5) is 5.69 Å². The Hall–Kier alpha value is -3.06. The van der Waals surface area contributed by atoms with Crippen LogP contribution in [-0.4, -0.2) is 31.8 Å². The Morgan fingerprint density at radius 1 is 1.11 bits per heavy atom. The fourth-order valence-corrected chi connectivity index (χ4v) is 2.81. The lowest BCUT2D eigenvalue weighted by Gasteiger charge is -2.12. The lowest BCUT2D eigenvalue weighted by Crippen LogP contribution is -2.24. The number of benzene rings is 2. The Balaban J connectivity index is 1.57. The number of amides is 2. The zero-order valence-electron chi connectivity index (χ0n) is 15.8. The van der Waals surface area contributed by atoms with E-state index in [9.17, 15) is 9.59 Å². The molecule has 0 bridgehead atoms. The zero-order chi connectivity index (χ0) is 19.8. The van der Waals surface area contributed by atoms with E-state index in [0.29, 0.717) is 55.4 Å².